The number of nitrogens with zero attached hydrogens (tertiary/aromatic N) is 3. The molecule has 1 saturated carbocycles. The molecule has 0 saturated heterocycles. The first kappa shape index (κ1) is 14.5. The summed E-state index contributed by atoms with van der Waals surface area (Å²) in [5.74, 6) is 4.53. The first-order chi connectivity index (χ1) is 11.2. The molecule has 0 bridgehead atoms. The molecule has 0 aromatic carbocycles. The quantitative estimate of drug-likeness (QED) is 0.852. The third-order valence-electron chi connectivity index (χ3n) is 4.91. The number of aromatic nitrogens is 3. The first-order valence-electron chi connectivity index (χ1n) is 8.38. The second-order valence-corrected chi connectivity index (χ2v) is 6.61. The van der Waals surface area contributed by atoms with Gasteiger partial charge in [0.1, 0.15) is 0 Å². The molecule has 0 spiro atoms. The fraction of sp³-hybridized carbons (Fsp3) is 0.556. The van der Waals surface area contributed by atoms with Crippen LogP contribution in [0.3, 0.4) is 0 Å². The standard InChI is InChI=1S/C18H23N3O2/c1-11-9-15(23-3)18-19-17(12-7-8-12)20-21(18)16(11)13-5-4-6-14(10-13)22-2/h5,9-12,16H,4,6-8H2,1-3H3. The Balaban J connectivity index is 1.77. The lowest BCUT2D eigenvalue weighted by atomic mass is 9.88. The molecule has 0 N–H and O–H groups in total. The molecular weight excluding hydrogens is 290 g/mol. The Kier molecular flexibility index (Phi) is 3.51. The van der Waals surface area contributed by atoms with Gasteiger partial charge in [-0.05, 0) is 37.0 Å². The van der Waals surface area contributed by atoms with Crippen molar-refractivity contribution in [2.75, 3.05) is 14.2 Å². The zero-order valence-electron chi connectivity index (χ0n) is 14.0. The van der Waals surface area contributed by atoms with E-state index >= 15 is 0 Å². The lowest BCUT2D eigenvalue weighted by Gasteiger charge is -2.30. The Labute approximate surface area is 136 Å². The van der Waals surface area contributed by atoms with Crippen molar-refractivity contribution in [3.8, 4) is 0 Å². The molecule has 23 heavy (non-hydrogen) atoms. The molecule has 2 aliphatic carbocycles. The highest BCUT2D eigenvalue weighted by atomic mass is 16.5. The normalized spacial score (nSPS) is 26.8. The SMILES string of the molecule is COC1=CC(C2C(C)C=C(OC)c3nc(C4CC4)nn32)=CCC1. The largest absolute Gasteiger partial charge is 0.501 e. The van der Waals surface area contributed by atoms with Crippen molar-refractivity contribution >= 4 is 5.76 Å². The van der Waals surface area contributed by atoms with E-state index in [9.17, 15) is 0 Å². The third kappa shape index (κ3) is 2.48. The van der Waals surface area contributed by atoms with Gasteiger partial charge in [0, 0.05) is 18.3 Å². The summed E-state index contributed by atoms with van der Waals surface area (Å²) in [6, 6.07) is 0.161. The topological polar surface area (TPSA) is 49.2 Å². The average Bonchev–Trinajstić information content (AvgIpc) is 3.33. The molecule has 1 aliphatic heterocycles. The highest BCUT2D eigenvalue weighted by Crippen LogP contribution is 2.42. The second-order valence-electron chi connectivity index (χ2n) is 6.61. The predicted molar refractivity (Wildman–Crippen MR) is 87.6 cm³/mol. The maximum atomic E-state index is 5.56. The molecule has 1 aromatic rings. The molecule has 3 aliphatic rings. The van der Waals surface area contributed by atoms with Crippen LogP contribution in [0.1, 0.15) is 56.2 Å². The van der Waals surface area contributed by atoms with Crippen molar-refractivity contribution in [3.05, 3.63) is 41.2 Å². The highest BCUT2D eigenvalue weighted by molar-refractivity contribution is 5.56. The van der Waals surface area contributed by atoms with Crippen molar-refractivity contribution in [3.63, 3.8) is 0 Å². The van der Waals surface area contributed by atoms with Crippen molar-refractivity contribution < 1.29 is 9.47 Å². The van der Waals surface area contributed by atoms with Gasteiger partial charge in [-0.2, -0.15) is 5.10 Å². The maximum absolute atomic E-state index is 5.56. The van der Waals surface area contributed by atoms with Gasteiger partial charge >= 0.3 is 0 Å². The molecule has 1 fully saturated rings. The van der Waals surface area contributed by atoms with Gasteiger partial charge in [-0.1, -0.05) is 13.0 Å². The van der Waals surface area contributed by atoms with Gasteiger partial charge in [0.15, 0.2) is 17.4 Å². The molecule has 2 unspecified atom stereocenters. The minimum atomic E-state index is 0.161. The van der Waals surface area contributed by atoms with E-state index in [4.69, 9.17) is 19.6 Å². The van der Waals surface area contributed by atoms with Crippen molar-refractivity contribution in [2.24, 2.45) is 5.92 Å². The molecule has 5 nitrogen and oxygen atoms in total. The number of rotatable bonds is 4. The molecule has 0 radical (unpaired) electrons. The molecule has 4 rings (SSSR count). The van der Waals surface area contributed by atoms with E-state index in [1.807, 2.05) is 0 Å². The monoisotopic (exact) mass is 313 g/mol. The smallest absolute Gasteiger partial charge is 0.194 e. The van der Waals surface area contributed by atoms with Crippen molar-refractivity contribution in [1.29, 1.82) is 0 Å². The summed E-state index contributed by atoms with van der Waals surface area (Å²) in [5.41, 5.74) is 1.26. The highest BCUT2D eigenvalue weighted by Gasteiger charge is 2.36. The molecular formula is C18H23N3O2. The van der Waals surface area contributed by atoms with E-state index in [1.165, 1.54) is 18.4 Å². The van der Waals surface area contributed by atoms with Crippen molar-refractivity contribution in [2.45, 2.75) is 44.6 Å². The van der Waals surface area contributed by atoms with E-state index in [2.05, 4.69) is 29.8 Å². The molecule has 2 atom stereocenters. The minimum Gasteiger partial charge on any atom is -0.501 e. The van der Waals surface area contributed by atoms with Crippen LogP contribution in [-0.4, -0.2) is 29.0 Å². The summed E-state index contributed by atoms with van der Waals surface area (Å²) >= 11 is 0. The molecule has 0 amide bonds. The maximum Gasteiger partial charge on any atom is 0.194 e. The van der Waals surface area contributed by atoms with Crippen LogP contribution in [0, 0.1) is 5.92 Å². The Hall–Kier alpha value is -2.04. The Morgan fingerprint density at radius 2 is 2.04 bits per heavy atom. The van der Waals surface area contributed by atoms with Gasteiger partial charge in [-0.25, -0.2) is 9.67 Å². The van der Waals surface area contributed by atoms with Gasteiger partial charge in [0.25, 0.3) is 0 Å². The third-order valence-corrected chi connectivity index (χ3v) is 4.91. The van der Waals surface area contributed by atoms with Crippen LogP contribution in [-0.2, 0) is 9.47 Å². The van der Waals surface area contributed by atoms with Crippen LogP contribution in [0.5, 0.6) is 0 Å². The molecule has 2 heterocycles. The van der Waals surface area contributed by atoms with Crippen LogP contribution < -0.4 is 0 Å². The molecule has 122 valence electrons. The van der Waals surface area contributed by atoms with E-state index in [0.717, 1.165) is 36.0 Å². The number of hydrogen-bond donors (Lipinski definition) is 0. The summed E-state index contributed by atoms with van der Waals surface area (Å²) < 4.78 is 13.1. The number of ether oxygens (including phenoxy) is 2. The summed E-state index contributed by atoms with van der Waals surface area (Å²) in [7, 11) is 3.45. The summed E-state index contributed by atoms with van der Waals surface area (Å²) in [6.07, 6.45) is 11.0. The number of methoxy groups -OCH3 is 2. The zero-order valence-corrected chi connectivity index (χ0v) is 14.0. The Morgan fingerprint density at radius 3 is 2.74 bits per heavy atom. The second kappa shape index (κ2) is 5.55. The molecule has 1 aromatic heterocycles. The van der Waals surface area contributed by atoms with E-state index < -0.39 is 0 Å². The zero-order chi connectivity index (χ0) is 16.0. The average molecular weight is 313 g/mol. The summed E-state index contributed by atoms with van der Waals surface area (Å²) in [4.78, 5) is 4.76. The Bertz CT molecular complexity index is 710. The predicted octanol–water partition coefficient (Wildman–Crippen LogP) is 3.58. The minimum absolute atomic E-state index is 0.161. The van der Waals surface area contributed by atoms with Crippen LogP contribution in [0.4, 0.5) is 0 Å². The van der Waals surface area contributed by atoms with Crippen LogP contribution in [0.2, 0.25) is 0 Å². The number of fused-ring (bicyclic) bond motifs is 1. The van der Waals surface area contributed by atoms with Crippen LogP contribution in [0.25, 0.3) is 5.76 Å². The summed E-state index contributed by atoms with van der Waals surface area (Å²) in [5, 5.41) is 4.84. The van der Waals surface area contributed by atoms with Gasteiger partial charge in [-0.15, -0.1) is 0 Å². The first-order valence-corrected chi connectivity index (χ1v) is 8.38. The van der Waals surface area contributed by atoms with Crippen molar-refractivity contribution in [1.82, 2.24) is 14.8 Å². The molecule has 5 heteroatoms. The van der Waals surface area contributed by atoms with Gasteiger partial charge in [0.05, 0.1) is 26.0 Å². The van der Waals surface area contributed by atoms with Gasteiger partial charge in [0.2, 0.25) is 0 Å². The van der Waals surface area contributed by atoms with Crippen LogP contribution >= 0.6 is 0 Å². The van der Waals surface area contributed by atoms with Crippen LogP contribution in [0.15, 0.2) is 29.6 Å². The van der Waals surface area contributed by atoms with E-state index in [1.54, 1.807) is 14.2 Å². The van der Waals surface area contributed by atoms with E-state index in [0.29, 0.717) is 11.8 Å². The van der Waals surface area contributed by atoms with Gasteiger partial charge < -0.3 is 9.47 Å². The fourth-order valence-electron chi connectivity index (χ4n) is 3.51. The number of hydrogen-bond acceptors (Lipinski definition) is 4. The number of allylic oxidation sites excluding steroid dienone is 5. The van der Waals surface area contributed by atoms with Gasteiger partial charge in [-0.3, -0.25) is 0 Å². The lowest BCUT2D eigenvalue weighted by Crippen LogP contribution is -2.26. The lowest BCUT2D eigenvalue weighted by molar-refractivity contribution is 0.273. The van der Waals surface area contributed by atoms with E-state index in [-0.39, 0.29) is 6.04 Å². The summed E-state index contributed by atoms with van der Waals surface area (Å²) in [6.45, 7) is 2.21. The fourth-order valence-corrected chi connectivity index (χ4v) is 3.51. The Morgan fingerprint density at radius 1 is 1.22 bits per heavy atom.